The molecule has 1 aliphatic heterocycles. The molecule has 0 spiro atoms. The largest absolute Gasteiger partial charge is 0.368 e. The second-order valence-electron chi connectivity index (χ2n) is 7.42. The lowest BCUT2D eigenvalue weighted by Crippen LogP contribution is -2.26. The number of rotatable bonds is 6. The zero-order valence-corrected chi connectivity index (χ0v) is 16.9. The molecule has 0 saturated carbocycles. The molecule has 2 aromatic heterocycles. The molecule has 1 aliphatic rings. The standard InChI is InChI=1S/C23H22N6O2/c30-23(19-10-5-13-31-19)25-18-9-4-6-16(14-18)15-24-20-11-12-21-26-27-22(29(21)28-20)17-7-2-1-3-8-17/h1-4,6-9,11-12,14,19H,5,10,13,15H2,(H,24,28)(H,25,30). The van der Waals surface area contributed by atoms with Gasteiger partial charge in [0.2, 0.25) is 0 Å². The van der Waals surface area contributed by atoms with Gasteiger partial charge in [-0.25, -0.2) is 0 Å². The molecule has 2 aromatic carbocycles. The van der Waals surface area contributed by atoms with Crippen molar-refractivity contribution in [2.24, 2.45) is 0 Å². The summed E-state index contributed by atoms with van der Waals surface area (Å²) < 4.78 is 7.18. The predicted octanol–water partition coefficient (Wildman–Crippen LogP) is 3.52. The van der Waals surface area contributed by atoms with Gasteiger partial charge in [0.15, 0.2) is 11.5 Å². The molecule has 1 fully saturated rings. The summed E-state index contributed by atoms with van der Waals surface area (Å²) in [5.41, 5.74) is 3.42. The Kier molecular flexibility index (Phi) is 5.28. The average molecular weight is 414 g/mol. The number of hydrogen-bond acceptors (Lipinski definition) is 6. The summed E-state index contributed by atoms with van der Waals surface area (Å²) in [7, 11) is 0. The Balaban J connectivity index is 1.29. The Bertz CT molecular complexity index is 1200. The molecule has 3 heterocycles. The topological polar surface area (TPSA) is 93.4 Å². The molecular weight excluding hydrogens is 392 g/mol. The summed E-state index contributed by atoms with van der Waals surface area (Å²) in [5, 5.41) is 19.4. The van der Waals surface area contributed by atoms with Crippen LogP contribution in [-0.4, -0.2) is 38.4 Å². The number of carbonyl (C=O) groups is 1. The van der Waals surface area contributed by atoms with E-state index in [4.69, 9.17) is 4.74 Å². The van der Waals surface area contributed by atoms with Crippen molar-refractivity contribution in [1.29, 1.82) is 0 Å². The summed E-state index contributed by atoms with van der Waals surface area (Å²) in [4.78, 5) is 12.3. The summed E-state index contributed by atoms with van der Waals surface area (Å²) >= 11 is 0. The fourth-order valence-electron chi connectivity index (χ4n) is 3.61. The van der Waals surface area contributed by atoms with Gasteiger partial charge < -0.3 is 15.4 Å². The monoisotopic (exact) mass is 414 g/mol. The molecule has 0 bridgehead atoms. The van der Waals surface area contributed by atoms with Crippen molar-refractivity contribution in [1.82, 2.24) is 19.8 Å². The van der Waals surface area contributed by atoms with Crippen molar-refractivity contribution >= 4 is 23.1 Å². The van der Waals surface area contributed by atoms with E-state index in [1.165, 1.54) is 0 Å². The lowest BCUT2D eigenvalue weighted by atomic mass is 10.2. The first-order valence-electron chi connectivity index (χ1n) is 10.3. The summed E-state index contributed by atoms with van der Waals surface area (Å²) in [5.74, 6) is 1.31. The summed E-state index contributed by atoms with van der Waals surface area (Å²) in [6, 6.07) is 21.4. The molecule has 0 aliphatic carbocycles. The van der Waals surface area contributed by atoms with Crippen LogP contribution in [0.5, 0.6) is 0 Å². The molecule has 1 unspecified atom stereocenters. The molecule has 0 radical (unpaired) electrons. The maximum atomic E-state index is 12.3. The molecule has 156 valence electrons. The highest BCUT2D eigenvalue weighted by molar-refractivity contribution is 5.94. The smallest absolute Gasteiger partial charge is 0.253 e. The van der Waals surface area contributed by atoms with Gasteiger partial charge in [0.1, 0.15) is 11.9 Å². The Morgan fingerprint density at radius 2 is 1.97 bits per heavy atom. The SMILES string of the molecule is O=C(Nc1cccc(CNc2ccc3nnc(-c4ccccc4)n3n2)c1)C1CCCO1. The second-order valence-corrected chi connectivity index (χ2v) is 7.42. The first-order chi connectivity index (χ1) is 15.3. The number of aromatic nitrogens is 4. The number of benzene rings is 2. The predicted molar refractivity (Wildman–Crippen MR) is 118 cm³/mol. The van der Waals surface area contributed by atoms with Crippen molar-refractivity contribution in [2.45, 2.75) is 25.5 Å². The van der Waals surface area contributed by atoms with Crippen LogP contribution >= 0.6 is 0 Å². The van der Waals surface area contributed by atoms with E-state index in [9.17, 15) is 4.79 Å². The molecule has 1 saturated heterocycles. The quantitative estimate of drug-likeness (QED) is 0.501. The van der Waals surface area contributed by atoms with Gasteiger partial charge in [-0.05, 0) is 42.7 Å². The second kappa shape index (κ2) is 8.53. The first-order valence-corrected chi connectivity index (χ1v) is 10.3. The van der Waals surface area contributed by atoms with Crippen LogP contribution in [0.4, 0.5) is 11.5 Å². The van der Waals surface area contributed by atoms with Gasteiger partial charge in [-0.3, -0.25) is 4.79 Å². The average Bonchev–Trinajstić information content (AvgIpc) is 3.49. The van der Waals surface area contributed by atoms with Crippen molar-refractivity contribution in [3.8, 4) is 11.4 Å². The van der Waals surface area contributed by atoms with Crippen LogP contribution < -0.4 is 10.6 Å². The summed E-state index contributed by atoms with van der Waals surface area (Å²) in [6.45, 7) is 1.21. The van der Waals surface area contributed by atoms with Crippen LogP contribution in [0.2, 0.25) is 0 Å². The third kappa shape index (κ3) is 4.24. The molecule has 1 atom stereocenters. The zero-order chi connectivity index (χ0) is 21.0. The molecule has 8 heteroatoms. The molecule has 4 aromatic rings. The third-order valence-corrected chi connectivity index (χ3v) is 5.19. The Labute approximate surface area is 179 Å². The van der Waals surface area contributed by atoms with Gasteiger partial charge >= 0.3 is 0 Å². The van der Waals surface area contributed by atoms with Gasteiger partial charge in [-0.2, -0.15) is 4.52 Å². The fourth-order valence-corrected chi connectivity index (χ4v) is 3.61. The number of hydrogen-bond donors (Lipinski definition) is 2. The first kappa shape index (κ1) is 19.2. The van der Waals surface area contributed by atoms with E-state index < -0.39 is 0 Å². The number of carbonyl (C=O) groups excluding carboxylic acids is 1. The van der Waals surface area contributed by atoms with Crippen molar-refractivity contribution in [2.75, 3.05) is 17.2 Å². The maximum absolute atomic E-state index is 12.3. The molecule has 1 amide bonds. The summed E-state index contributed by atoms with van der Waals surface area (Å²) in [6.07, 6.45) is 1.35. The number of nitrogens with one attached hydrogen (secondary N) is 2. The number of amides is 1. The highest BCUT2D eigenvalue weighted by Gasteiger charge is 2.23. The number of anilines is 2. The van der Waals surface area contributed by atoms with Crippen LogP contribution in [0, 0.1) is 0 Å². The van der Waals surface area contributed by atoms with Crippen molar-refractivity contribution < 1.29 is 9.53 Å². The number of nitrogens with zero attached hydrogens (tertiary/aromatic N) is 4. The molecule has 31 heavy (non-hydrogen) atoms. The fraction of sp³-hybridized carbons (Fsp3) is 0.217. The van der Waals surface area contributed by atoms with Crippen molar-refractivity contribution in [3.05, 3.63) is 72.3 Å². The van der Waals surface area contributed by atoms with Gasteiger partial charge in [0, 0.05) is 24.4 Å². The Morgan fingerprint density at radius 3 is 2.81 bits per heavy atom. The molecule has 2 N–H and O–H groups in total. The van der Waals surface area contributed by atoms with E-state index in [0.717, 1.165) is 29.7 Å². The maximum Gasteiger partial charge on any atom is 0.253 e. The normalized spacial score (nSPS) is 15.8. The molecular formula is C23H22N6O2. The molecule has 5 rings (SSSR count). The zero-order valence-electron chi connectivity index (χ0n) is 16.9. The molecule has 8 nitrogen and oxygen atoms in total. The highest BCUT2D eigenvalue weighted by Crippen LogP contribution is 2.19. The minimum absolute atomic E-state index is 0.0872. The minimum atomic E-state index is -0.347. The van der Waals surface area contributed by atoms with E-state index in [-0.39, 0.29) is 12.0 Å². The third-order valence-electron chi connectivity index (χ3n) is 5.19. The van der Waals surface area contributed by atoms with Crippen LogP contribution in [0.3, 0.4) is 0 Å². The van der Waals surface area contributed by atoms with E-state index in [0.29, 0.717) is 30.4 Å². The van der Waals surface area contributed by atoms with E-state index >= 15 is 0 Å². The highest BCUT2D eigenvalue weighted by atomic mass is 16.5. The number of ether oxygens (including phenoxy) is 1. The lowest BCUT2D eigenvalue weighted by Gasteiger charge is -2.12. The van der Waals surface area contributed by atoms with Crippen LogP contribution in [0.1, 0.15) is 18.4 Å². The van der Waals surface area contributed by atoms with Crippen molar-refractivity contribution in [3.63, 3.8) is 0 Å². The van der Waals surface area contributed by atoms with E-state index in [2.05, 4.69) is 25.9 Å². The van der Waals surface area contributed by atoms with Gasteiger partial charge in [-0.1, -0.05) is 42.5 Å². The van der Waals surface area contributed by atoms with E-state index in [1.54, 1.807) is 4.52 Å². The Hall–Kier alpha value is -3.78. The van der Waals surface area contributed by atoms with Gasteiger partial charge in [0.25, 0.3) is 5.91 Å². The number of fused-ring (bicyclic) bond motifs is 1. The van der Waals surface area contributed by atoms with Gasteiger partial charge in [0.05, 0.1) is 0 Å². The lowest BCUT2D eigenvalue weighted by molar-refractivity contribution is -0.124. The Morgan fingerprint density at radius 1 is 1.06 bits per heavy atom. The van der Waals surface area contributed by atoms with Crippen LogP contribution in [-0.2, 0) is 16.1 Å². The van der Waals surface area contributed by atoms with Crippen LogP contribution in [0.15, 0.2) is 66.7 Å². The minimum Gasteiger partial charge on any atom is -0.368 e. The van der Waals surface area contributed by atoms with Gasteiger partial charge in [-0.15, -0.1) is 15.3 Å². The van der Waals surface area contributed by atoms with E-state index in [1.807, 2.05) is 66.7 Å². The van der Waals surface area contributed by atoms with Crippen LogP contribution in [0.25, 0.3) is 17.0 Å².